The number of aromatic carboxylic acids is 1. The van der Waals surface area contributed by atoms with Crippen molar-refractivity contribution in [1.29, 1.82) is 0 Å². The predicted molar refractivity (Wildman–Crippen MR) is 97.1 cm³/mol. The monoisotopic (exact) mass is 376 g/mol. The first-order valence-electron chi connectivity index (χ1n) is 7.33. The maximum absolute atomic E-state index is 12.6. The molecule has 0 aliphatic carbocycles. The molecule has 26 heavy (non-hydrogen) atoms. The summed E-state index contributed by atoms with van der Waals surface area (Å²) in [6, 6.07) is 2.90. The molecule has 1 fully saturated rings. The zero-order valence-electron chi connectivity index (χ0n) is 14.1. The van der Waals surface area contributed by atoms with Gasteiger partial charge in [0.25, 0.3) is 11.8 Å². The number of carboxylic acids is 1. The minimum absolute atomic E-state index is 0.0171. The molecule has 8 nitrogen and oxygen atoms in total. The highest BCUT2D eigenvalue weighted by atomic mass is 32.1. The van der Waals surface area contributed by atoms with Crippen LogP contribution in [0.25, 0.3) is 6.08 Å². The van der Waals surface area contributed by atoms with Gasteiger partial charge in [-0.1, -0.05) is 12.1 Å². The second kappa shape index (κ2) is 7.79. The van der Waals surface area contributed by atoms with Gasteiger partial charge in [-0.2, -0.15) is 0 Å². The molecule has 0 saturated carbocycles. The van der Waals surface area contributed by atoms with Crippen molar-refractivity contribution in [2.45, 2.75) is 0 Å². The van der Waals surface area contributed by atoms with Crippen molar-refractivity contribution in [3.8, 4) is 11.5 Å². The summed E-state index contributed by atoms with van der Waals surface area (Å²) < 4.78 is 10.2. The number of rotatable bonds is 6. The Morgan fingerprint density at radius 1 is 1.35 bits per heavy atom. The van der Waals surface area contributed by atoms with Gasteiger partial charge in [0.1, 0.15) is 11.1 Å². The molecule has 1 heterocycles. The molecule has 9 heteroatoms. The largest absolute Gasteiger partial charge is 0.493 e. The van der Waals surface area contributed by atoms with E-state index >= 15 is 0 Å². The highest BCUT2D eigenvalue weighted by molar-refractivity contribution is 7.80. The van der Waals surface area contributed by atoms with Crippen molar-refractivity contribution in [1.82, 2.24) is 10.2 Å². The number of carboxylic acid groups (broad SMARTS) is 1. The molecule has 1 aliphatic heterocycles. The van der Waals surface area contributed by atoms with Crippen LogP contribution in [0.4, 0.5) is 0 Å². The van der Waals surface area contributed by atoms with Crippen molar-refractivity contribution < 1.29 is 29.0 Å². The normalized spacial score (nSPS) is 15.7. The lowest BCUT2D eigenvalue weighted by molar-refractivity contribution is -0.128. The summed E-state index contributed by atoms with van der Waals surface area (Å²) >= 11 is 4.97. The van der Waals surface area contributed by atoms with Crippen molar-refractivity contribution in [3.05, 3.63) is 41.5 Å². The minimum atomic E-state index is -1.30. The average Bonchev–Trinajstić information content (AvgIpc) is 2.61. The molecule has 0 atom stereocenters. The Morgan fingerprint density at radius 3 is 2.58 bits per heavy atom. The molecule has 1 saturated heterocycles. The number of ether oxygens (including phenoxy) is 2. The number of nitrogens with one attached hydrogen (secondary N) is 1. The van der Waals surface area contributed by atoms with Crippen LogP contribution in [0.1, 0.15) is 15.9 Å². The van der Waals surface area contributed by atoms with E-state index in [0.29, 0.717) is 0 Å². The summed E-state index contributed by atoms with van der Waals surface area (Å²) in [5, 5.41) is 11.9. The van der Waals surface area contributed by atoms with Gasteiger partial charge in [0, 0.05) is 6.54 Å². The van der Waals surface area contributed by atoms with Crippen LogP contribution in [0.15, 0.2) is 30.4 Å². The lowest BCUT2D eigenvalue weighted by Crippen LogP contribution is -2.53. The van der Waals surface area contributed by atoms with Crippen LogP contribution in [-0.2, 0) is 9.59 Å². The topological polar surface area (TPSA) is 105 Å². The van der Waals surface area contributed by atoms with Gasteiger partial charge in [0.2, 0.25) is 0 Å². The molecule has 2 amide bonds. The Labute approximate surface area is 154 Å². The fourth-order valence-electron chi connectivity index (χ4n) is 2.43. The first kappa shape index (κ1) is 19.1. The van der Waals surface area contributed by atoms with E-state index < -0.39 is 17.8 Å². The Balaban J connectivity index is 2.62. The summed E-state index contributed by atoms with van der Waals surface area (Å²) in [5.74, 6) is -2.47. The van der Waals surface area contributed by atoms with E-state index in [1.54, 1.807) is 0 Å². The number of hydrogen-bond acceptors (Lipinski definition) is 6. The Kier molecular flexibility index (Phi) is 5.73. The Morgan fingerprint density at radius 2 is 2.04 bits per heavy atom. The lowest BCUT2D eigenvalue weighted by atomic mass is 10.0. The number of nitrogens with zero attached hydrogens (tertiary/aromatic N) is 1. The van der Waals surface area contributed by atoms with Crippen LogP contribution >= 0.6 is 12.2 Å². The molecule has 1 aliphatic rings. The summed E-state index contributed by atoms with van der Waals surface area (Å²) in [7, 11) is 2.66. The van der Waals surface area contributed by atoms with Gasteiger partial charge in [-0.3, -0.25) is 19.8 Å². The summed E-state index contributed by atoms with van der Waals surface area (Å²) in [5.41, 5.74) is -0.376. The molecule has 0 bridgehead atoms. The molecule has 1 aromatic rings. The summed E-state index contributed by atoms with van der Waals surface area (Å²) in [6.45, 7) is 3.64. The van der Waals surface area contributed by atoms with E-state index in [0.717, 1.165) is 4.90 Å². The van der Waals surface area contributed by atoms with E-state index in [-0.39, 0.29) is 39.9 Å². The molecule has 0 unspecified atom stereocenters. The van der Waals surface area contributed by atoms with Gasteiger partial charge < -0.3 is 14.6 Å². The highest BCUT2D eigenvalue weighted by Gasteiger charge is 2.33. The number of carbonyl (C=O) groups is 3. The third-order valence-corrected chi connectivity index (χ3v) is 3.91. The van der Waals surface area contributed by atoms with Crippen molar-refractivity contribution in [2.75, 3.05) is 20.8 Å². The van der Waals surface area contributed by atoms with E-state index in [1.165, 1.54) is 38.5 Å². The first-order valence-corrected chi connectivity index (χ1v) is 7.74. The standard InChI is InChI=1S/C17H16N2O6S/c1-4-7-19-15(21)10(14(20)18-17(19)26)8-9-5-6-11(24-2)13(25-3)12(9)16(22)23/h4-6,8H,1,7H2,2-3H3,(H,22,23)(H,18,20,26)/b10-8+. The third kappa shape index (κ3) is 3.42. The number of thiocarbonyl (C=S) groups is 1. The zero-order valence-corrected chi connectivity index (χ0v) is 14.9. The number of hydrogen-bond donors (Lipinski definition) is 2. The lowest BCUT2D eigenvalue weighted by Gasteiger charge is -2.27. The summed E-state index contributed by atoms with van der Waals surface area (Å²) in [6.07, 6.45) is 2.64. The molecular weight excluding hydrogens is 360 g/mol. The predicted octanol–water partition coefficient (Wildman–Crippen LogP) is 1.21. The maximum Gasteiger partial charge on any atom is 0.340 e. The smallest absolute Gasteiger partial charge is 0.340 e. The van der Waals surface area contributed by atoms with Gasteiger partial charge in [-0.05, 0) is 29.9 Å². The fourth-order valence-corrected chi connectivity index (χ4v) is 2.68. The van der Waals surface area contributed by atoms with Gasteiger partial charge in [0.15, 0.2) is 16.6 Å². The number of benzene rings is 1. The van der Waals surface area contributed by atoms with Gasteiger partial charge >= 0.3 is 5.97 Å². The highest BCUT2D eigenvalue weighted by Crippen LogP contribution is 2.34. The molecule has 0 radical (unpaired) electrons. The maximum atomic E-state index is 12.6. The van der Waals surface area contributed by atoms with Gasteiger partial charge in [-0.15, -0.1) is 6.58 Å². The third-order valence-electron chi connectivity index (χ3n) is 3.59. The van der Waals surface area contributed by atoms with E-state index in [4.69, 9.17) is 21.7 Å². The fraction of sp³-hybridized carbons (Fsp3) is 0.176. The van der Waals surface area contributed by atoms with E-state index in [1.807, 2.05) is 0 Å². The van der Waals surface area contributed by atoms with Crippen LogP contribution in [-0.4, -0.2) is 53.7 Å². The summed E-state index contributed by atoms with van der Waals surface area (Å²) in [4.78, 5) is 37.6. The number of amides is 2. The molecule has 0 spiro atoms. The molecule has 0 aromatic heterocycles. The molecule has 136 valence electrons. The second-order valence-corrected chi connectivity index (χ2v) is 5.48. The van der Waals surface area contributed by atoms with Crippen molar-refractivity contribution >= 4 is 41.2 Å². The molecule has 2 N–H and O–H groups in total. The van der Waals surface area contributed by atoms with E-state index in [2.05, 4.69) is 11.9 Å². The van der Waals surface area contributed by atoms with Crippen LogP contribution < -0.4 is 14.8 Å². The minimum Gasteiger partial charge on any atom is -0.493 e. The van der Waals surface area contributed by atoms with Crippen LogP contribution in [0.2, 0.25) is 0 Å². The van der Waals surface area contributed by atoms with Gasteiger partial charge in [-0.25, -0.2) is 4.79 Å². The SMILES string of the molecule is C=CCN1C(=O)/C(=C/c2ccc(OC)c(OC)c2C(=O)O)C(=O)NC1=S. The van der Waals surface area contributed by atoms with Crippen molar-refractivity contribution in [2.24, 2.45) is 0 Å². The van der Waals surface area contributed by atoms with E-state index in [9.17, 15) is 19.5 Å². The van der Waals surface area contributed by atoms with Crippen LogP contribution in [0.5, 0.6) is 11.5 Å². The second-order valence-electron chi connectivity index (χ2n) is 5.09. The van der Waals surface area contributed by atoms with Crippen molar-refractivity contribution in [3.63, 3.8) is 0 Å². The quantitative estimate of drug-likeness (QED) is 0.333. The molecule has 2 rings (SSSR count). The average molecular weight is 376 g/mol. The zero-order chi connectivity index (χ0) is 19.4. The van der Waals surface area contributed by atoms with Crippen LogP contribution in [0, 0.1) is 0 Å². The number of methoxy groups -OCH3 is 2. The first-order chi connectivity index (χ1) is 12.3. The van der Waals surface area contributed by atoms with Gasteiger partial charge in [0.05, 0.1) is 14.2 Å². The van der Waals surface area contributed by atoms with Crippen LogP contribution in [0.3, 0.4) is 0 Å². The Bertz CT molecular complexity index is 846. The molecular formula is C17H16N2O6S. The number of carbonyl (C=O) groups excluding carboxylic acids is 2. The Hall–Kier alpha value is -3.20. The molecule has 1 aromatic carbocycles.